The van der Waals surface area contributed by atoms with Gasteiger partial charge in [0.25, 0.3) is 0 Å². The topological polar surface area (TPSA) is 0 Å². The van der Waals surface area contributed by atoms with Crippen molar-refractivity contribution in [3.8, 4) is 11.1 Å². The van der Waals surface area contributed by atoms with Crippen molar-refractivity contribution in [2.45, 2.75) is 77.6 Å². The second-order valence-corrected chi connectivity index (χ2v) is 10.1. The van der Waals surface area contributed by atoms with Gasteiger partial charge in [-0.05, 0) is 79.3 Å². The van der Waals surface area contributed by atoms with Crippen LogP contribution in [0.15, 0.2) is 85.5 Å². The van der Waals surface area contributed by atoms with Gasteiger partial charge in [-0.3, -0.25) is 0 Å². The van der Waals surface area contributed by atoms with E-state index in [9.17, 15) is 0 Å². The van der Waals surface area contributed by atoms with Crippen LogP contribution in [-0.2, 0) is 11.8 Å². The second kappa shape index (κ2) is 11.0. The molecule has 34 heavy (non-hydrogen) atoms. The van der Waals surface area contributed by atoms with Crippen molar-refractivity contribution in [3.63, 3.8) is 0 Å². The highest BCUT2D eigenvalue weighted by Crippen LogP contribution is 2.55. The van der Waals surface area contributed by atoms with Gasteiger partial charge in [0.2, 0.25) is 0 Å². The van der Waals surface area contributed by atoms with E-state index in [1.54, 1.807) is 0 Å². The number of unbranched alkanes of at least 4 members (excludes halogenated alkanes) is 4. The van der Waals surface area contributed by atoms with Gasteiger partial charge < -0.3 is 0 Å². The Balaban J connectivity index is 1.78. The molecule has 1 aliphatic carbocycles. The molecule has 0 heterocycles. The average molecular weight is 449 g/mol. The molecule has 0 saturated carbocycles. The fourth-order valence-electron chi connectivity index (χ4n) is 5.75. The maximum absolute atomic E-state index is 3.83. The van der Waals surface area contributed by atoms with Gasteiger partial charge in [0.05, 0.1) is 0 Å². The Kier molecular flexibility index (Phi) is 7.88. The minimum atomic E-state index is -0.0918. The highest BCUT2D eigenvalue weighted by molar-refractivity contribution is 5.84. The molecule has 3 aromatic rings. The molecule has 0 aliphatic heterocycles. The van der Waals surface area contributed by atoms with Crippen LogP contribution in [0, 0.1) is 13.8 Å². The van der Waals surface area contributed by atoms with E-state index >= 15 is 0 Å². The Morgan fingerprint density at radius 2 is 1.41 bits per heavy atom. The van der Waals surface area contributed by atoms with E-state index in [0.717, 1.165) is 19.3 Å². The summed E-state index contributed by atoms with van der Waals surface area (Å²) in [6.45, 7) is 10.6. The van der Waals surface area contributed by atoms with Crippen LogP contribution < -0.4 is 0 Å². The van der Waals surface area contributed by atoms with Gasteiger partial charge >= 0.3 is 0 Å². The predicted octanol–water partition coefficient (Wildman–Crippen LogP) is 9.65. The van der Waals surface area contributed by atoms with Crippen LogP contribution in [0.5, 0.6) is 0 Å². The summed E-state index contributed by atoms with van der Waals surface area (Å²) in [5.41, 5.74) is 11.3. The Morgan fingerprint density at radius 3 is 2.00 bits per heavy atom. The normalized spacial score (nSPS) is 13.7. The lowest BCUT2D eigenvalue weighted by Gasteiger charge is -2.34. The molecular formula is C34H40. The van der Waals surface area contributed by atoms with E-state index in [4.69, 9.17) is 0 Å². The fraction of sp³-hybridized carbons (Fsp3) is 0.353. The lowest BCUT2D eigenvalue weighted by atomic mass is 9.68. The SMILES string of the molecule is C=C/C=C/CCCC1(c2ccc(CCCCCC)cc2)c2cc(C)ccc2-c2ccc(C)cc21. The molecule has 0 aromatic heterocycles. The summed E-state index contributed by atoms with van der Waals surface area (Å²) in [7, 11) is 0. The van der Waals surface area contributed by atoms with E-state index in [1.165, 1.54) is 76.6 Å². The molecule has 0 fully saturated rings. The third-order valence-corrected chi connectivity index (χ3v) is 7.52. The molecule has 1 aliphatic rings. The molecule has 0 spiro atoms. The number of rotatable bonds is 11. The second-order valence-electron chi connectivity index (χ2n) is 10.1. The van der Waals surface area contributed by atoms with Gasteiger partial charge in [-0.25, -0.2) is 0 Å². The van der Waals surface area contributed by atoms with Crippen LogP contribution in [0.1, 0.15) is 85.3 Å². The first-order valence-electron chi connectivity index (χ1n) is 13.2. The van der Waals surface area contributed by atoms with Crippen molar-refractivity contribution < 1.29 is 0 Å². The molecule has 4 rings (SSSR count). The average Bonchev–Trinajstić information content (AvgIpc) is 3.11. The number of aryl methyl sites for hydroxylation is 3. The molecule has 0 nitrogen and oxygen atoms in total. The minimum Gasteiger partial charge on any atom is -0.0991 e. The first-order chi connectivity index (χ1) is 16.6. The number of fused-ring (bicyclic) bond motifs is 3. The van der Waals surface area contributed by atoms with E-state index in [2.05, 4.69) is 100 Å². The molecule has 3 aromatic carbocycles. The van der Waals surface area contributed by atoms with Gasteiger partial charge in [-0.2, -0.15) is 0 Å². The van der Waals surface area contributed by atoms with Gasteiger partial charge in [0.1, 0.15) is 0 Å². The zero-order valence-corrected chi connectivity index (χ0v) is 21.4. The summed E-state index contributed by atoms with van der Waals surface area (Å²) in [6, 6.07) is 23.8. The summed E-state index contributed by atoms with van der Waals surface area (Å²) < 4.78 is 0. The van der Waals surface area contributed by atoms with E-state index < -0.39 is 0 Å². The third kappa shape index (κ3) is 4.83. The van der Waals surface area contributed by atoms with Crippen molar-refractivity contribution in [1.29, 1.82) is 0 Å². The van der Waals surface area contributed by atoms with E-state index in [0.29, 0.717) is 0 Å². The molecule has 0 amide bonds. The lowest BCUT2D eigenvalue weighted by molar-refractivity contribution is 0.547. The van der Waals surface area contributed by atoms with Crippen LogP contribution in [0.2, 0.25) is 0 Å². The molecule has 0 radical (unpaired) electrons. The summed E-state index contributed by atoms with van der Waals surface area (Å²) in [5.74, 6) is 0. The Labute approximate surface area is 207 Å². The van der Waals surface area contributed by atoms with Crippen molar-refractivity contribution >= 4 is 0 Å². The molecule has 0 unspecified atom stereocenters. The fourth-order valence-corrected chi connectivity index (χ4v) is 5.75. The van der Waals surface area contributed by atoms with Crippen LogP contribution in [0.4, 0.5) is 0 Å². The lowest BCUT2D eigenvalue weighted by Crippen LogP contribution is -2.27. The first kappa shape index (κ1) is 24.3. The maximum atomic E-state index is 3.83. The Morgan fingerprint density at radius 1 is 0.765 bits per heavy atom. The highest BCUT2D eigenvalue weighted by atomic mass is 14.5. The van der Waals surface area contributed by atoms with Crippen molar-refractivity contribution in [3.05, 3.63) is 119 Å². The maximum Gasteiger partial charge on any atom is 0.0463 e. The molecule has 0 saturated heterocycles. The molecule has 0 N–H and O–H groups in total. The van der Waals surface area contributed by atoms with E-state index in [1.807, 2.05) is 6.08 Å². The molecule has 0 heteroatoms. The number of hydrogen-bond acceptors (Lipinski definition) is 0. The molecule has 0 atom stereocenters. The van der Waals surface area contributed by atoms with Crippen LogP contribution in [0.25, 0.3) is 11.1 Å². The number of hydrogen-bond donors (Lipinski definition) is 0. The zero-order valence-electron chi connectivity index (χ0n) is 21.4. The zero-order chi connectivity index (χ0) is 24.0. The van der Waals surface area contributed by atoms with Crippen molar-refractivity contribution in [1.82, 2.24) is 0 Å². The standard InChI is InChI=1S/C34H40/c1-5-7-9-11-13-23-34(29-19-17-28(18-20-29)14-12-10-8-6-2)32-24-26(3)15-21-30(32)31-22-16-27(4)25-33(31)34/h5,7,9,15-22,24-25H,1,6,8,10-14,23H2,2-4H3/b9-7+. The van der Waals surface area contributed by atoms with Gasteiger partial charge in [0.15, 0.2) is 0 Å². The van der Waals surface area contributed by atoms with Gasteiger partial charge in [-0.15, -0.1) is 0 Å². The van der Waals surface area contributed by atoms with Crippen molar-refractivity contribution in [2.24, 2.45) is 0 Å². The Bertz CT molecular complexity index is 1090. The Hall–Kier alpha value is -2.86. The van der Waals surface area contributed by atoms with Crippen LogP contribution >= 0.6 is 0 Å². The summed E-state index contributed by atoms with van der Waals surface area (Å²) >= 11 is 0. The highest BCUT2D eigenvalue weighted by Gasteiger charge is 2.44. The summed E-state index contributed by atoms with van der Waals surface area (Å²) in [4.78, 5) is 0. The van der Waals surface area contributed by atoms with Crippen molar-refractivity contribution in [2.75, 3.05) is 0 Å². The molecule has 176 valence electrons. The van der Waals surface area contributed by atoms with Crippen LogP contribution in [0.3, 0.4) is 0 Å². The molecule has 0 bridgehead atoms. The quantitative estimate of drug-likeness (QED) is 0.202. The number of allylic oxidation sites excluding steroid dienone is 3. The van der Waals surface area contributed by atoms with Crippen LogP contribution in [-0.4, -0.2) is 0 Å². The monoisotopic (exact) mass is 448 g/mol. The molecular weight excluding hydrogens is 408 g/mol. The smallest absolute Gasteiger partial charge is 0.0463 e. The summed E-state index contributed by atoms with van der Waals surface area (Å²) in [5, 5.41) is 0. The number of benzene rings is 3. The largest absolute Gasteiger partial charge is 0.0991 e. The summed E-state index contributed by atoms with van der Waals surface area (Å²) in [6.07, 6.45) is 16.0. The third-order valence-electron chi connectivity index (χ3n) is 7.52. The van der Waals surface area contributed by atoms with Gasteiger partial charge in [-0.1, -0.05) is 123 Å². The van der Waals surface area contributed by atoms with E-state index in [-0.39, 0.29) is 5.41 Å². The van der Waals surface area contributed by atoms with Gasteiger partial charge in [0, 0.05) is 5.41 Å². The predicted molar refractivity (Wildman–Crippen MR) is 149 cm³/mol. The first-order valence-corrected chi connectivity index (χ1v) is 13.2. The minimum absolute atomic E-state index is 0.0918.